The molecule has 3 aromatic rings. The van der Waals surface area contributed by atoms with E-state index in [1.54, 1.807) is 48.5 Å². The quantitative estimate of drug-likeness (QED) is 0.476. The summed E-state index contributed by atoms with van der Waals surface area (Å²) in [7, 11) is 0. The molecule has 5 rings (SSSR count). The number of rotatable bonds is 1. The van der Waals surface area contributed by atoms with E-state index in [-0.39, 0.29) is 0 Å². The molecule has 1 heterocycles. The number of hydrogen-bond donors (Lipinski definition) is 0. The minimum atomic E-state index is -1.91. The molecule has 0 bridgehead atoms. The Morgan fingerprint density at radius 2 is 1.58 bits per heavy atom. The van der Waals surface area contributed by atoms with E-state index < -0.39 is 23.3 Å². The number of fused-ring (bicyclic) bond motifs is 3. The van der Waals surface area contributed by atoms with Gasteiger partial charge in [-0.25, -0.2) is 0 Å². The van der Waals surface area contributed by atoms with E-state index in [0.717, 1.165) is 11.1 Å². The SMILES string of the molecule is Cc1ccc([C@@H]2C=C(C#N)c3ccc(Cl)cc3C3(O2)C(=O)c2ccccc2C3=O)cc1. The Labute approximate surface area is 184 Å². The summed E-state index contributed by atoms with van der Waals surface area (Å²) in [4.78, 5) is 27.5. The number of aryl methyl sites for hydroxylation is 1. The minimum Gasteiger partial charge on any atom is -0.342 e. The number of ether oxygens (including phenoxy) is 1. The molecule has 0 radical (unpaired) electrons. The van der Waals surface area contributed by atoms with Gasteiger partial charge in [-0.05, 0) is 36.3 Å². The molecule has 0 saturated heterocycles. The second kappa shape index (κ2) is 7.02. The smallest absolute Gasteiger partial charge is 0.220 e. The van der Waals surface area contributed by atoms with Crippen molar-refractivity contribution < 1.29 is 14.3 Å². The van der Waals surface area contributed by atoms with Gasteiger partial charge in [-0.15, -0.1) is 0 Å². The number of halogens is 1. The number of carbonyl (C=O) groups excluding carboxylic acids is 2. The van der Waals surface area contributed by atoms with Crippen molar-refractivity contribution in [3.63, 3.8) is 0 Å². The molecule has 0 amide bonds. The fourth-order valence-electron chi connectivity index (χ4n) is 4.30. The molecular formula is C26H16ClNO3. The number of benzene rings is 3. The number of nitriles is 1. The third-order valence-corrected chi connectivity index (χ3v) is 6.09. The first-order valence-electron chi connectivity index (χ1n) is 9.81. The van der Waals surface area contributed by atoms with Gasteiger partial charge in [-0.2, -0.15) is 5.26 Å². The molecule has 5 heteroatoms. The number of hydrogen-bond acceptors (Lipinski definition) is 4. The third kappa shape index (κ3) is 2.79. The van der Waals surface area contributed by atoms with E-state index in [0.29, 0.717) is 32.8 Å². The summed E-state index contributed by atoms with van der Waals surface area (Å²) in [6.07, 6.45) is 0.888. The van der Waals surface area contributed by atoms with E-state index in [2.05, 4.69) is 6.07 Å². The van der Waals surface area contributed by atoms with Crippen LogP contribution in [0.25, 0.3) is 5.57 Å². The molecule has 1 spiro atoms. The molecule has 4 nitrogen and oxygen atoms in total. The van der Waals surface area contributed by atoms with Crippen molar-refractivity contribution in [2.45, 2.75) is 18.6 Å². The molecule has 1 aliphatic heterocycles. The predicted octanol–water partition coefficient (Wildman–Crippen LogP) is 5.60. The summed E-state index contributed by atoms with van der Waals surface area (Å²) in [5.74, 6) is -0.886. The topological polar surface area (TPSA) is 67.2 Å². The molecule has 1 aliphatic carbocycles. The molecule has 0 saturated carbocycles. The fourth-order valence-corrected chi connectivity index (χ4v) is 4.47. The van der Waals surface area contributed by atoms with Gasteiger partial charge in [0.1, 0.15) is 6.10 Å². The largest absolute Gasteiger partial charge is 0.342 e. The lowest BCUT2D eigenvalue weighted by molar-refractivity contribution is -0.0365. The van der Waals surface area contributed by atoms with Crippen LogP contribution in [0.2, 0.25) is 5.02 Å². The Morgan fingerprint density at radius 1 is 0.935 bits per heavy atom. The van der Waals surface area contributed by atoms with Crippen LogP contribution in [0, 0.1) is 18.3 Å². The maximum Gasteiger partial charge on any atom is 0.220 e. The zero-order valence-corrected chi connectivity index (χ0v) is 17.3. The van der Waals surface area contributed by atoms with Crippen LogP contribution in [0.5, 0.6) is 0 Å². The minimum absolute atomic E-state index is 0.300. The molecular weight excluding hydrogens is 410 g/mol. The summed E-state index contributed by atoms with van der Waals surface area (Å²) < 4.78 is 6.42. The molecule has 1 atom stereocenters. The highest BCUT2D eigenvalue weighted by molar-refractivity contribution is 6.33. The molecule has 0 aromatic heterocycles. The lowest BCUT2D eigenvalue weighted by Crippen LogP contribution is -2.42. The van der Waals surface area contributed by atoms with Crippen LogP contribution in [-0.4, -0.2) is 11.6 Å². The number of nitrogens with zero attached hydrogens (tertiary/aromatic N) is 1. The predicted molar refractivity (Wildman–Crippen MR) is 117 cm³/mol. The Bertz CT molecular complexity index is 1300. The summed E-state index contributed by atoms with van der Waals surface area (Å²) in [6, 6.07) is 21.4. The molecule has 3 aromatic carbocycles. The average molecular weight is 426 g/mol. The number of ketones is 2. The van der Waals surface area contributed by atoms with Crippen LogP contribution < -0.4 is 0 Å². The van der Waals surface area contributed by atoms with Crippen LogP contribution in [0.1, 0.15) is 49.1 Å². The van der Waals surface area contributed by atoms with Crippen molar-refractivity contribution in [1.82, 2.24) is 0 Å². The van der Waals surface area contributed by atoms with Crippen molar-refractivity contribution in [3.05, 3.63) is 111 Å². The van der Waals surface area contributed by atoms with Gasteiger partial charge in [0.25, 0.3) is 0 Å². The first-order valence-corrected chi connectivity index (χ1v) is 10.2. The van der Waals surface area contributed by atoms with Crippen LogP contribution in [0.4, 0.5) is 0 Å². The zero-order chi connectivity index (χ0) is 21.8. The van der Waals surface area contributed by atoms with Crippen LogP contribution in [0.3, 0.4) is 0 Å². The van der Waals surface area contributed by atoms with Gasteiger partial charge < -0.3 is 4.74 Å². The van der Waals surface area contributed by atoms with Crippen molar-refractivity contribution >= 4 is 28.7 Å². The summed E-state index contributed by atoms with van der Waals surface area (Å²) in [5, 5.41) is 10.3. The van der Waals surface area contributed by atoms with Gasteiger partial charge >= 0.3 is 0 Å². The molecule has 0 unspecified atom stereocenters. The Hall–Kier alpha value is -3.52. The zero-order valence-electron chi connectivity index (χ0n) is 16.6. The molecule has 0 fully saturated rings. The Morgan fingerprint density at radius 3 is 2.19 bits per heavy atom. The molecule has 0 N–H and O–H groups in total. The summed E-state index contributed by atoms with van der Waals surface area (Å²) in [5.41, 5.74) is 1.60. The maximum atomic E-state index is 13.7. The summed E-state index contributed by atoms with van der Waals surface area (Å²) in [6.45, 7) is 1.97. The standard InChI is InChI=1S/C26H16ClNO3/c1-15-6-8-16(9-7-15)23-12-17(14-28)19-11-10-18(27)13-22(19)26(31-23)24(29)20-4-2-3-5-21(20)25(26)30/h2-13,23H,1H3/t23-/m0/s1. The van der Waals surface area contributed by atoms with Crippen molar-refractivity contribution in [3.8, 4) is 6.07 Å². The lowest BCUT2D eigenvalue weighted by Gasteiger charge is -2.30. The average Bonchev–Trinajstić information content (AvgIpc) is 2.91. The van der Waals surface area contributed by atoms with Gasteiger partial charge in [-0.1, -0.05) is 71.8 Å². The number of carbonyl (C=O) groups is 2. The van der Waals surface area contributed by atoms with E-state index in [9.17, 15) is 14.9 Å². The first kappa shape index (κ1) is 19.4. The van der Waals surface area contributed by atoms with Gasteiger partial charge in [0.15, 0.2) is 0 Å². The Kier molecular flexibility index (Phi) is 4.40. The van der Waals surface area contributed by atoms with Crippen LogP contribution in [0.15, 0.2) is 72.8 Å². The molecule has 31 heavy (non-hydrogen) atoms. The van der Waals surface area contributed by atoms with E-state index >= 15 is 0 Å². The van der Waals surface area contributed by atoms with Crippen molar-refractivity contribution in [2.75, 3.05) is 0 Å². The third-order valence-electron chi connectivity index (χ3n) is 5.86. The second-order valence-corrected chi connectivity index (χ2v) is 8.15. The fraction of sp³-hybridized carbons (Fsp3) is 0.115. The van der Waals surface area contributed by atoms with Crippen LogP contribution in [-0.2, 0) is 10.3 Å². The molecule has 2 aliphatic rings. The highest BCUT2D eigenvalue weighted by atomic mass is 35.5. The highest BCUT2D eigenvalue weighted by Crippen LogP contribution is 2.49. The highest BCUT2D eigenvalue weighted by Gasteiger charge is 2.58. The summed E-state index contributed by atoms with van der Waals surface area (Å²) >= 11 is 6.28. The van der Waals surface area contributed by atoms with Crippen molar-refractivity contribution in [1.29, 1.82) is 5.26 Å². The van der Waals surface area contributed by atoms with Gasteiger partial charge in [0, 0.05) is 21.7 Å². The van der Waals surface area contributed by atoms with Gasteiger partial charge in [-0.3, -0.25) is 9.59 Å². The first-order chi connectivity index (χ1) is 15.0. The monoisotopic (exact) mass is 425 g/mol. The number of allylic oxidation sites excluding steroid dienone is 1. The Balaban J connectivity index is 1.81. The number of Topliss-reactive ketones (excluding diaryl/α,β-unsaturated/α-hetero) is 2. The normalized spacial score (nSPS) is 18.7. The van der Waals surface area contributed by atoms with Crippen molar-refractivity contribution in [2.24, 2.45) is 0 Å². The lowest BCUT2D eigenvalue weighted by atomic mass is 9.84. The molecule has 150 valence electrons. The maximum absolute atomic E-state index is 13.7. The van der Waals surface area contributed by atoms with E-state index in [1.807, 2.05) is 31.2 Å². The van der Waals surface area contributed by atoms with Gasteiger partial charge in [0.05, 0.1) is 11.6 Å². The van der Waals surface area contributed by atoms with Crippen LogP contribution >= 0.6 is 11.6 Å². The van der Waals surface area contributed by atoms with E-state index in [4.69, 9.17) is 16.3 Å². The van der Waals surface area contributed by atoms with Gasteiger partial charge in [0.2, 0.25) is 17.2 Å². The van der Waals surface area contributed by atoms with E-state index in [1.165, 1.54) is 0 Å². The second-order valence-electron chi connectivity index (χ2n) is 7.72.